The Kier molecular flexibility index (Phi) is 6.53. The molecule has 0 spiro atoms. The Hall–Kier alpha value is -1.79. The first-order valence-corrected chi connectivity index (χ1v) is 9.59. The van der Waals surface area contributed by atoms with Crippen molar-refractivity contribution in [1.29, 1.82) is 0 Å². The van der Waals surface area contributed by atoms with Crippen LogP contribution in [-0.2, 0) is 19.1 Å². The van der Waals surface area contributed by atoms with Gasteiger partial charge >= 0.3 is 12.1 Å². The summed E-state index contributed by atoms with van der Waals surface area (Å²) < 4.78 is 10.7. The van der Waals surface area contributed by atoms with E-state index < -0.39 is 17.6 Å². The van der Waals surface area contributed by atoms with Crippen molar-refractivity contribution < 1.29 is 23.9 Å². The maximum Gasteiger partial charge on any atom is 0.410 e. The Bertz CT molecular complexity index is 543. The minimum absolute atomic E-state index is 0.0523. The number of amides is 2. The predicted octanol–water partition coefficient (Wildman–Crippen LogP) is 2.43. The lowest BCUT2D eigenvalue weighted by atomic mass is 9.87. The summed E-state index contributed by atoms with van der Waals surface area (Å²) in [5, 5.41) is 0. The highest BCUT2D eigenvalue weighted by molar-refractivity contribution is 5.81. The zero-order valence-electron chi connectivity index (χ0n) is 16.6. The number of ether oxygens (including phenoxy) is 2. The van der Waals surface area contributed by atoms with E-state index in [1.807, 2.05) is 27.7 Å². The summed E-state index contributed by atoms with van der Waals surface area (Å²) in [5.74, 6) is -0.680. The van der Waals surface area contributed by atoms with Gasteiger partial charge in [0.25, 0.3) is 0 Å². The van der Waals surface area contributed by atoms with E-state index >= 15 is 0 Å². The molecule has 7 heteroatoms. The van der Waals surface area contributed by atoms with Crippen LogP contribution in [-0.4, -0.2) is 65.7 Å². The fraction of sp³-hybridized carbons (Fsp3) is 0.842. The van der Waals surface area contributed by atoms with E-state index in [-0.39, 0.29) is 23.8 Å². The van der Waals surface area contributed by atoms with E-state index in [2.05, 4.69) is 0 Å². The molecular formula is C19H32N2O5. The maximum absolute atomic E-state index is 12.7. The molecule has 3 atom stereocenters. The molecule has 0 N–H and O–H groups in total. The molecule has 148 valence electrons. The van der Waals surface area contributed by atoms with Crippen molar-refractivity contribution in [2.45, 2.75) is 65.5 Å². The quantitative estimate of drug-likeness (QED) is 0.715. The lowest BCUT2D eigenvalue weighted by molar-refractivity contribution is -0.157. The molecule has 26 heavy (non-hydrogen) atoms. The molecule has 2 fully saturated rings. The predicted molar refractivity (Wildman–Crippen MR) is 96.4 cm³/mol. The maximum atomic E-state index is 12.7. The second-order valence-corrected chi connectivity index (χ2v) is 8.22. The molecule has 2 amide bonds. The average molecular weight is 368 g/mol. The van der Waals surface area contributed by atoms with Gasteiger partial charge in [0.1, 0.15) is 5.60 Å². The van der Waals surface area contributed by atoms with E-state index in [4.69, 9.17) is 9.47 Å². The second-order valence-electron chi connectivity index (χ2n) is 8.22. The molecule has 0 radical (unpaired) electrons. The van der Waals surface area contributed by atoms with Crippen molar-refractivity contribution in [3.8, 4) is 0 Å². The van der Waals surface area contributed by atoms with Gasteiger partial charge in [-0.15, -0.1) is 0 Å². The highest BCUT2D eigenvalue weighted by Gasteiger charge is 2.43. The lowest BCUT2D eigenvalue weighted by Gasteiger charge is -2.45. The summed E-state index contributed by atoms with van der Waals surface area (Å²) in [4.78, 5) is 41.0. The monoisotopic (exact) mass is 368 g/mol. The molecule has 2 rings (SSSR count). The third-order valence-corrected chi connectivity index (χ3v) is 4.96. The first kappa shape index (κ1) is 20.5. The molecule has 2 saturated heterocycles. The zero-order chi connectivity index (χ0) is 19.5. The summed E-state index contributed by atoms with van der Waals surface area (Å²) in [6, 6.07) is -0.356. The molecule has 3 unspecified atom stereocenters. The molecule has 0 aromatic carbocycles. The highest BCUT2D eigenvalue weighted by Crippen LogP contribution is 2.29. The number of hydrogen-bond donors (Lipinski definition) is 0. The Morgan fingerprint density at radius 2 is 1.88 bits per heavy atom. The van der Waals surface area contributed by atoms with Crippen LogP contribution < -0.4 is 0 Å². The van der Waals surface area contributed by atoms with E-state index in [0.29, 0.717) is 32.7 Å². The molecule has 0 aromatic heterocycles. The Balaban J connectivity index is 2.19. The van der Waals surface area contributed by atoms with Crippen LogP contribution in [0.25, 0.3) is 0 Å². The van der Waals surface area contributed by atoms with Gasteiger partial charge in [0.2, 0.25) is 5.91 Å². The summed E-state index contributed by atoms with van der Waals surface area (Å²) in [5.41, 5.74) is -0.583. The van der Waals surface area contributed by atoms with Gasteiger partial charge in [-0.3, -0.25) is 9.59 Å². The van der Waals surface area contributed by atoms with Gasteiger partial charge in [0.05, 0.1) is 18.6 Å². The SMILES string of the molecule is CCOC(=O)C1CCN(C(=O)OC(C)(C)C)CC1N1CCCC(C)C1=O. The lowest BCUT2D eigenvalue weighted by Crippen LogP contribution is -2.60. The first-order valence-electron chi connectivity index (χ1n) is 9.59. The fourth-order valence-corrected chi connectivity index (χ4v) is 3.68. The zero-order valence-corrected chi connectivity index (χ0v) is 16.6. The number of hydrogen-bond acceptors (Lipinski definition) is 5. The van der Waals surface area contributed by atoms with Gasteiger partial charge in [-0.2, -0.15) is 0 Å². The van der Waals surface area contributed by atoms with E-state index in [9.17, 15) is 14.4 Å². The number of rotatable bonds is 3. The van der Waals surface area contributed by atoms with Crippen LogP contribution in [0.1, 0.15) is 53.9 Å². The van der Waals surface area contributed by atoms with Crippen LogP contribution >= 0.6 is 0 Å². The molecule has 0 aromatic rings. The molecule has 0 bridgehead atoms. The highest BCUT2D eigenvalue weighted by atomic mass is 16.6. The molecule has 0 aliphatic carbocycles. The van der Waals surface area contributed by atoms with Crippen LogP contribution in [0.15, 0.2) is 0 Å². The van der Waals surface area contributed by atoms with Gasteiger partial charge in [0.15, 0.2) is 0 Å². The smallest absolute Gasteiger partial charge is 0.410 e. The molecule has 2 aliphatic rings. The number of carbonyl (C=O) groups is 3. The number of likely N-dealkylation sites (tertiary alicyclic amines) is 2. The van der Waals surface area contributed by atoms with Crippen molar-refractivity contribution >= 4 is 18.0 Å². The molecule has 0 saturated carbocycles. The van der Waals surface area contributed by atoms with Crippen LogP contribution in [0.5, 0.6) is 0 Å². The van der Waals surface area contributed by atoms with Crippen molar-refractivity contribution in [2.75, 3.05) is 26.2 Å². The van der Waals surface area contributed by atoms with Crippen molar-refractivity contribution in [3.05, 3.63) is 0 Å². The van der Waals surface area contributed by atoms with Crippen molar-refractivity contribution in [2.24, 2.45) is 11.8 Å². The fourth-order valence-electron chi connectivity index (χ4n) is 3.68. The summed E-state index contributed by atoms with van der Waals surface area (Å²) >= 11 is 0. The van der Waals surface area contributed by atoms with E-state index in [1.54, 1.807) is 16.7 Å². The van der Waals surface area contributed by atoms with Crippen LogP contribution in [0.3, 0.4) is 0 Å². The van der Waals surface area contributed by atoms with E-state index in [1.165, 1.54) is 0 Å². The summed E-state index contributed by atoms with van der Waals surface area (Å²) in [6.45, 7) is 10.8. The minimum Gasteiger partial charge on any atom is -0.466 e. The van der Waals surface area contributed by atoms with Gasteiger partial charge in [0, 0.05) is 25.6 Å². The van der Waals surface area contributed by atoms with Crippen LogP contribution in [0.4, 0.5) is 4.79 Å². The topological polar surface area (TPSA) is 76.2 Å². The van der Waals surface area contributed by atoms with Crippen LogP contribution in [0.2, 0.25) is 0 Å². The summed E-state index contributed by atoms with van der Waals surface area (Å²) in [7, 11) is 0. The normalized spacial score (nSPS) is 27.3. The van der Waals surface area contributed by atoms with Gasteiger partial charge in [-0.1, -0.05) is 6.92 Å². The standard InChI is InChI=1S/C19H32N2O5/c1-6-25-17(23)14-9-11-20(18(24)26-19(3,4)5)12-15(14)21-10-7-8-13(2)16(21)22/h13-15H,6-12H2,1-5H3. The Morgan fingerprint density at radius 3 is 2.50 bits per heavy atom. The second kappa shape index (κ2) is 8.27. The average Bonchev–Trinajstić information content (AvgIpc) is 2.55. The minimum atomic E-state index is -0.583. The van der Waals surface area contributed by atoms with Crippen LogP contribution in [0, 0.1) is 11.8 Å². The van der Waals surface area contributed by atoms with Gasteiger partial charge < -0.3 is 19.3 Å². The Labute approximate surface area is 156 Å². The number of carbonyl (C=O) groups excluding carboxylic acids is 3. The van der Waals surface area contributed by atoms with Gasteiger partial charge in [-0.25, -0.2) is 4.79 Å². The molecule has 2 aliphatic heterocycles. The number of piperidine rings is 2. The summed E-state index contributed by atoms with van der Waals surface area (Å²) in [6.07, 6.45) is 1.84. The molecule has 2 heterocycles. The third kappa shape index (κ3) is 4.89. The first-order chi connectivity index (χ1) is 12.1. The van der Waals surface area contributed by atoms with Crippen molar-refractivity contribution in [1.82, 2.24) is 9.80 Å². The number of esters is 1. The van der Waals surface area contributed by atoms with E-state index in [0.717, 1.165) is 12.8 Å². The number of nitrogens with zero attached hydrogens (tertiary/aromatic N) is 2. The van der Waals surface area contributed by atoms with Crippen molar-refractivity contribution in [3.63, 3.8) is 0 Å². The molecule has 7 nitrogen and oxygen atoms in total. The third-order valence-electron chi connectivity index (χ3n) is 4.96. The molecular weight excluding hydrogens is 336 g/mol. The Morgan fingerprint density at radius 1 is 1.19 bits per heavy atom. The van der Waals surface area contributed by atoms with Gasteiger partial charge in [-0.05, 0) is 47.0 Å². The largest absolute Gasteiger partial charge is 0.466 e.